The summed E-state index contributed by atoms with van der Waals surface area (Å²) in [4.78, 5) is 12.9. The lowest BCUT2D eigenvalue weighted by Crippen LogP contribution is -2.50. The maximum absolute atomic E-state index is 13.3. The van der Waals surface area contributed by atoms with E-state index in [-0.39, 0.29) is 49.5 Å². The van der Waals surface area contributed by atoms with Gasteiger partial charge in [0, 0.05) is 37.3 Å². The number of anilines is 1. The first-order chi connectivity index (χ1) is 14.0. The first kappa shape index (κ1) is 22.5. The number of carbonyl (C=O) groups is 1. The van der Waals surface area contributed by atoms with E-state index in [2.05, 4.69) is 10.5 Å². The number of aryl methyl sites for hydroxylation is 1. The van der Waals surface area contributed by atoms with Crippen LogP contribution in [0.5, 0.6) is 0 Å². The van der Waals surface area contributed by atoms with Gasteiger partial charge in [0.2, 0.25) is 15.9 Å². The third-order valence-electron chi connectivity index (χ3n) is 4.46. The molecule has 0 bridgehead atoms. The lowest BCUT2D eigenvalue weighted by molar-refractivity contribution is -0.140. The summed E-state index contributed by atoms with van der Waals surface area (Å²) in [6, 6.07) is 4.11. The van der Waals surface area contributed by atoms with Gasteiger partial charge in [-0.3, -0.25) is 9.69 Å². The molecule has 2 aromatic rings. The molecular weight excluding hydrogens is 449 g/mol. The van der Waals surface area contributed by atoms with E-state index in [4.69, 9.17) is 16.1 Å². The van der Waals surface area contributed by atoms with Crippen molar-refractivity contribution in [1.82, 2.24) is 14.4 Å². The predicted octanol–water partition coefficient (Wildman–Crippen LogP) is 2.60. The van der Waals surface area contributed by atoms with E-state index in [0.29, 0.717) is 11.8 Å². The Hall–Kier alpha value is -2.15. The van der Waals surface area contributed by atoms with Crippen molar-refractivity contribution in [2.75, 3.05) is 38.0 Å². The van der Waals surface area contributed by atoms with Gasteiger partial charge in [0.25, 0.3) is 0 Å². The summed E-state index contributed by atoms with van der Waals surface area (Å²) >= 11 is 5.62. The minimum absolute atomic E-state index is 0.0193. The summed E-state index contributed by atoms with van der Waals surface area (Å²) in [5.41, 5.74) is -1.31. The molecule has 0 spiro atoms. The first-order valence-electron chi connectivity index (χ1n) is 8.79. The normalized spacial score (nSPS) is 16.6. The Morgan fingerprint density at radius 1 is 1.23 bits per heavy atom. The van der Waals surface area contributed by atoms with Crippen LogP contribution in [0.15, 0.2) is 33.7 Å². The molecule has 1 aromatic heterocycles. The highest BCUT2D eigenvalue weighted by Gasteiger charge is 2.40. The summed E-state index contributed by atoms with van der Waals surface area (Å²) in [5.74, 6) is 0.433. The number of nitrogens with zero attached hydrogens (tertiary/aromatic N) is 3. The second-order valence-electron chi connectivity index (χ2n) is 6.69. The Morgan fingerprint density at radius 3 is 2.47 bits per heavy atom. The van der Waals surface area contributed by atoms with Crippen LogP contribution in [0, 0.1) is 6.92 Å². The van der Waals surface area contributed by atoms with E-state index in [9.17, 15) is 26.4 Å². The number of piperazine rings is 1. The second kappa shape index (κ2) is 8.53. The van der Waals surface area contributed by atoms with E-state index < -0.39 is 26.7 Å². The molecule has 1 aliphatic rings. The molecule has 30 heavy (non-hydrogen) atoms. The Balaban J connectivity index is 1.65. The van der Waals surface area contributed by atoms with E-state index in [0.717, 1.165) is 16.4 Å². The number of hydrogen-bond acceptors (Lipinski definition) is 6. The Morgan fingerprint density at radius 2 is 1.90 bits per heavy atom. The highest BCUT2D eigenvalue weighted by molar-refractivity contribution is 7.89. The average Bonchev–Trinajstić information content (AvgIpc) is 3.05. The van der Waals surface area contributed by atoms with Gasteiger partial charge in [-0.1, -0.05) is 16.8 Å². The van der Waals surface area contributed by atoms with Gasteiger partial charge in [-0.2, -0.15) is 17.5 Å². The molecule has 0 aliphatic carbocycles. The summed E-state index contributed by atoms with van der Waals surface area (Å²) in [5, 5.41) is 5.99. The third kappa shape index (κ3) is 5.12. The monoisotopic (exact) mass is 466 g/mol. The standard InChI is InChI=1S/C17H18ClF3N4O4S/c1-11-8-15(23-29-11)22-16(26)10-24-4-6-25(7-5-24)30(27,28)14-3-2-12(18)9-13(14)17(19,20)21/h2-3,8-9H,4-7,10H2,1H3,(H,22,23,26). The fourth-order valence-electron chi connectivity index (χ4n) is 3.03. The molecular formula is C17H18ClF3N4O4S. The van der Waals surface area contributed by atoms with E-state index in [1.54, 1.807) is 17.9 Å². The Kier molecular flexibility index (Phi) is 6.41. The van der Waals surface area contributed by atoms with E-state index >= 15 is 0 Å². The van der Waals surface area contributed by atoms with Crippen LogP contribution in [0.4, 0.5) is 19.0 Å². The van der Waals surface area contributed by atoms with Crippen molar-refractivity contribution in [3.63, 3.8) is 0 Å². The van der Waals surface area contributed by atoms with Gasteiger partial charge in [0.05, 0.1) is 17.0 Å². The Labute approximate surface area is 175 Å². The molecule has 2 heterocycles. The molecule has 164 valence electrons. The van der Waals surface area contributed by atoms with Crippen LogP contribution in [0.25, 0.3) is 0 Å². The molecule has 13 heteroatoms. The van der Waals surface area contributed by atoms with Crippen LogP contribution < -0.4 is 5.32 Å². The number of rotatable bonds is 5. The van der Waals surface area contributed by atoms with Crippen molar-refractivity contribution >= 4 is 33.3 Å². The molecule has 1 aliphatic heterocycles. The van der Waals surface area contributed by atoms with Crippen molar-refractivity contribution < 1.29 is 30.9 Å². The first-order valence-corrected chi connectivity index (χ1v) is 10.6. The number of amides is 1. The summed E-state index contributed by atoms with van der Waals surface area (Å²) in [7, 11) is -4.39. The number of alkyl halides is 3. The molecule has 0 radical (unpaired) electrons. The van der Waals surface area contributed by atoms with Crippen LogP contribution in [0.3, 0.4) is 0 Å². The van der Waals surface area contributed by atoms with Gasteiger partial charge >= 0.3 is 6.18 Å². The maximum atomic E-state index is 13.3. The summed E-state index contributed by atoms with van der Waals surface area (Å²) in [6.45, 7) is 1.90. The zero-order valence-corrected chi connectivity index (χ0v) is 17.3. The fraction of sp³-hybridized carbons (Fsp3) is 0.412. The molecule has 1 saturated heterocycles. The van der Waals surface area contributed by atoms with Crippen LogP contribution >= 0.6 is 11.6 Å². The zero-order valence-electron chi connectivity index (χ0n) is 15.7. The van der Waals surface area contributed by atoms with Gasteiger partial charge in [-0.15, -0.1) is 0 Å². The Bertz CT molecular complexity index is 1030. The van der Waals surface area contributed by atoms with Crippen molar-refractivity contribution in [3.8, 4) is 0 Å². The molecule has 0 saturated carbocycles. The fourth-order valence-corrected chi connectivity index (χ4v) is 4.81. The van der Waals surface area contributed by atoms with Gasteiger partial charge in [-0.25, -0.2) is 8.42 Å². The number of hydrogen-bond donors (Lipinski definition) is 1. The summed E-state index contributed by atoms with van der Waals surface area (Å²) in [6.07, 6.45) is -4.87. The highest BCUT2D eigenvalue weighted by Crippen LogP contribution is 2.37. The van der Waals surface area contributed by atoms with Crippen LogP contribution in [0.2, 0.25) is 5.02 Å². The van der Waals surface area contributed by atoms with Gasteiger partial charge in [-0.05, 0) is 25.1 Å². The molecule has 3 rings (SSSR count). The van der Waals surface area contributed by atoms with Gasteiger partial charge < -0.3 is 9.84 Å². The molecule has 1 amide bonds. The third-order valence-corrected chi connectivity index (χ3v) is 6.65. The number of halogens is 4. The molecule has 1 aromatic carbocycles. The molecule has 1 N–H and O–H groups in total. The summed E-state index contributed by atoms with van der Waals surface area (Å²) < 4.78 is 71.3. The predicted molar refractivity (Wildman–Crippen MR) is 102 cm³/mol. The number of benzene rings is 1. The van der Waals surface area contributed by atoms with Crippen LogP contribution in [-0.2, 0) is 21.0 Å². The number of sulfonamides is 1. The minimum Gasteiger partial charge on any atom is -0.360 e. The SMILES string of the molecule is Cc1cc(NC(=O)CN2CCN(S(=O)(=O)c3ccc(Cl)cc3C(F)(F)F)CC2)no1. The van der Waals surface area contributed by atoms with Crippen molar-refractivity contribution in [2.24, 2.45) is 0 Å². The van der Waals surface area contributed by atoms with Crippen LogP contribution in [-0.4, -0.2) is 61.4 Å². The minimum atomic E-state index is -4.87. The quantitative estimate of drug-likeness (QED) is 0.727. The highest BCUT2D eigenvalue weighted by atomic mass is 35.5. The van der Waals surface area contributed by atoms with Crippen molar-refractivity contribution in [3.05, 3.63) is 40.6 Å². The van der Waals surface area contributed by atoms with E-state index in [1.807, 2.05) is 0 Å². The molecule has 8 nitrogen and oxygen atoms in total. The average molecular weight is 467 g/mol. The van der Waals surface area contributed by atoms with Gasteiger partial charge in [0.1, 0.15) is 5.76 Å². The van der Waals surface area contributed by atoms with Crippen molar-refractivity contribution in [2.45, 2.75) is 18.0 Å². The molecule has 0 atom stereocenters. The molecule has 1 fully saturated rings. The number of aromatic nitrogens is 1. The topological polar surface area (TPSA) is 95.8 Å². The van der Waals surface area contributed by atoms with Gasteiger partial charge in [0.15, 0.2) is 5.82 Å². The van der Waals surface area contributed by atoms with Crippen LogP contribution in [0.1, 0.15) is 11.3 Å². The largest absolute Gasteiger partial charge is 0.417 e. The number of nitrogens with one attached hydrogen (secondary N) is 1. The second-order valence-corrected chi connectivity index (χ2v) is 9.03. The van der Waals surface area contributed by atoms with Crippen molar-refractivity contribution in [1.29, 1.82) is 0 Å². The number of carbonyl (C=O) groups excluding carboxylic acids is 1. The lowest BCUT2D eigenvalue weighted by atomic mass is 10.2. The zero-order chi connectivity index (χ0) is 22.1. The maximum Gasteiger partial charge on any atom is 0.417 e. The van der Waals surface area contributed by atoms with E-state index in [1.165, 1.54) is 0 Å². The molecule has 0 unspecified atom stereocenters. The smallest absolute Gasteiger partial charge is 0.360 e. The lowest BCUT2D eigenvalue weighted by Gasteiger charge is -2.33.